The van der Waals surface area contributed by atoms with Crippen molar-refractivity contribution in [1.82, 2.24) is 5.43 Å². The number of halogens is 1. The fourth-order valence-corrected chi connectivity index (χ4v) is 1.92. The third kappa shape index (κ3) is 4.89. The first kappa shape index (κ1) is 17.6. The lowest BCUT2D eigenvalue weighted by Gasteiger charge is -2.12. The lowest BCUT2D eigenvalue weighted by molar-refractivity contribution is -0.127. The van der Waals surface area contributed by atoms with Crippen LogP contribution in [-0.2, 0) is 4.79 Å². The van der Waals surface area contributed by atoms with Crippen molar-refractivity contribution in [2.45, 2.75) is 13.0 Å². The number of amides is 1. The molecule has 2 aromatic carbocycles. The summed E-state index contributed by atoms with van der Waals surface area (Å²) < 4.78 is 10.5. The van der Waals surface area contributed by atoms with Crippen molar-refractivity contribution >= 4 is 23.7 Å². The average molecular weight is 349 g/mol. The first-order valence-electron chi connectivity index (χ1n) is 7.11. The Hall–Kier alpha value is -2.73. The molecule has 1 amide bonds. The molecule has 7 heteroatoms. The van der Waals surface area contributed by atoms with Crippen LogP contribution in [0.15, 0.2) is 47.6 Å². The second kappa shape index (κ2) is 8.21. The van der Waals surface area contributed by atoms with Crippen molar-refractivity contribution in [3.05, 3.63) is 53.1 Å². The van der Waals surface area contributed by atoms with Gasteiger partial charge in [0.1, 0.15) is 17.2 Å². The van der Waals surface area contributed by atoms with Crippen LogP contribution < -0.4 is 14.9 Å². The zero-order valence-corrected chi connectivity index (χ0v) is 13.9. The number of hydrazone groups is 1. The number of nitrogens with one attached hydrogen (secondary N) is 1. The van der Waals surface area contributed by atoms with Gasteiger partial charge in [0, 0.05) is 10.6 Å². The Kier molecular flexibility index (Phi) is 6.03. The summed E-state index contributed by atoms with van der Waals surface area (Å²) in [6, 6.07) is 11.4. The summed E-state index contributed by atoms with van der Waals surface area (Å²) in [7, 11) is 1.52. The SMILES string of the molecule is COc1ccc(O)c(/C=N/NC(=O)C(C)Oc2ccc(Cl)cc2)c1. The molecule has 2 N–H and O–H groups in total. The molecule has 2 rings (SSSR count). The van der Waals surface area contributed by atoms with Gasteiger partial charge in [0.25, 0.3) is 5.91 Å². The number of nitrogens with zero attached hydrogens (tertiary/aromatic N) is 1. The van der Waals surface area contributed by atoms with Crippen molar-refractivity contribution < 1.29 is 19.4 Å². The smallest absolute Gasteiger partial charge is 0.280 e. The number of hydrogen-bond acceptors (Lipinski definition) is 5. The van der Waals surface area contributed by atoms with E-state index in [0.717, 1.165) is 0 Å². The number of phenols is 1. The van der Waals surface area contributed by atoms with Crippen molar-refractivity contribution in [3.8, 4) is 17.2 Å². The van der Waals surface area contributed by atoms with E-state index in [-0.39, 0.29) is 5.75 Å². The van der Waals surface area contributed by atoms with Gasteiger partial charge in [0.2, 0.25) is 0 Å². The minimum absolute atomic E-state index is 0.0271. The standard InChI is InChI=1S/C17H17ClN2O4/c1-11(24-14-5-3-13(18)4-6-14)17(22)20-19-10-12-9-15(23-2)7-8-16(12)21/h3-11,21H,1-2H3,(H,20,22)/b19-10+. The summed E-state index contributed by atoms with van der Waals surface area (Å²) in [4.78, 5) is 11.9. The molecule has 2 aromatic rings. The number of ether oxygens (including phenoxy) is 2. The Labute approximate surface area is 144 Å². The van der Waals surface area contributed by atoms with E-state index in [9.17, 15) is 9.90 Å². The Balaban J connectivity index is 1.93. The molecule has 0 heterocycles. The van der Waals surface area contributed by atoms with Crippen LogP contribution in [0.25, 0.3) is 0 Å². The van der Waals surface area contributed by atoms with E-state index in [1.54, 1.807) is 43.3 Å². The van der Waals surface area contributed by atoms with Crippen molar-refractivity contribution in [2.24, 2.45) is 5.10 Å². The molecule has 6 nitrogen and oxygen atoms in total. The van der Waals surface area contributed by atoms with Crippen LogP contribution in [0.3, 0.4) is 0 Å². The van der Waals surface area contributed by atoms with Gasteiger partial charge in [-0.15, -0.1) is 0 Å². The highest BCUT2D eigenvalue weighted by molar-refractivity contribution is 6.30. The van der Waals surface area contributed by atoms with E-state index in [4.69, 9.17) is 21.1 Å². The zero-order chi connectivity index (χ0) is 17.5. The van der Waals surface area contributed by atoms with Crippen molar-refractivity contribution in [1.29, 1.82) is 0 Å². The predicted molar refractivity (Wildman–Crippen MR) is 91.9 cm³/mol. The quantitative estimate of drug-likeness (QED) is 0.621. The second-order valence-electron chi connectivity index (χ2n) is 4.87. The first-order chi connectivity index (χ1) is 11.5. The minimum Gasteiger partial charge on any atom is -0.507 e. The zero-order valence-electron chi connectivity index (χ0n) is 13.2. The summed E-state index contributed by atoms with van der Waals surface area (Å²) in [6.07, 6.45) is 0.576. The van der Waals surface area contributed by atoms with Crippen LogP contribution in [0.5, 0.6) is 17.2 Å². The van der Waals surface area contributed by atoms with Crippen LogP contribution in [-0.4, -0.2) is 30.4 Å². The van der Waals surface area contributed by atoms with Gasteiger partial charge in [-0.2, -0.15) is 5.10 Å². The number of carbonyl (C=O) groups excluding carboxylic acids is 1. The summed E-state index contributed by atoms with van der Waals surface area (Å²) in [6.45, 7) is 1.60. The van der Waals surface area contributed by atoms with E-state index in [2.05, 4.69) is 10.5 Å². The second-order valence-corrected chi connectivity index (χ2v) is 5.31. The maximum absolute atomic E-state index is 11.9. The molecule has 0 bridgehead atoms. The molecule has 0 saturated heterocycles. The average Bonchev–Trinajstić information content (AvgIpc) is 2.58. The molecule has 1 atom stereocenters. The van der Waals surface area contributed by atoms with Gasteiger partial charge >= 0.3 is 0 Å². The molecule has 24 heavy (non-hydrogen) atoms. The minimum atomic E-state index is -0.748. The molecule has 0 aliphatic heterocycles. The van der Waals surface area contributed by atoms with Crippen molar-refractivity contribution in [3.63, 3.8) is 0 Å². The molecule has 0 spiro atoms. The van der Waals surface area contributed by atoms with Crippen LogP contribution in [0.1, 0.15) is 12.5 Å². The summed E-state index contributed by atoms with van der Waals surface area (Å²) in [5.41, 5.74) is 2.77. The fourth-order valence-electron chi connectivity index (χ4n) is 1.79. The number of rotatable bonds is 6. The predicted octanol–water partition coefficient (Wildman–Crippen LogP) is 2.97. The number of hydrogen-bond donors (Lipinski definition) is 2. The molecule has 126 valence electrons. The Morgan fingerprint density at radius 3 is 2.58 bits per heavy atom. The Bertz CT molecular complexity index is 732. The topological polar surface area (TPSA) is 80.2 Å². The maximum Gasteiger partial charge on any atom is 0.280 e. The van der Waals surface area contributed by atoms with Gasteiger partial charge in [-0.25, -0.2) is 5.43 Å². The van der Waals surface area contributed by atoms with E-state index in [1.807, 2.05) is 0 Å². The van der Waals surface area contributed by atoms with Crippen LogP contribution >= 0.6 is 11.6 Å². The normalized spacial score (nSPS) is 12.0. The molecule has 0 aliphatic carbocycles. The third-order valence-corrected chi connectivity index (χ3v) is 3.36. The van der Waals surface area contributed by atoms with Crippen LogP contribution in [0.4, 0.5) is 0 Å². The van der Waals surface area contributed by atoms with Gasteiger partial charge in [0.05, 0.1) is 13.3 Å². The van der Waals surface area contributed by atoms with E-state index in [1.165, 1.54) is 19.4 Å². The Morgan fingerprint density at radius 1 is 1.25 bits per heavy atom. The van der Waals surface area contributed by atoms with Gasteiger partial charge in [0.15, 0.2) is 6.10 Å². The number of phenolic OH excluding ortho intramolecular Hbond substituents is 1. The number of carbonyl (C=O) groups is 1. The Morgan fingerprint density at radius 2 is 1.92 bits per heavy atom. The highest BCUT2D eigenvalue weighted by Gasteiger charge is 2.13. The van der Waals surface area contributed by atoms with Gasteiger partial charge in [-0.05, 0) is 49.4 Å². The number of benzene rings is 2. The summed E-state index contributed by atoms with van der Waals surface area (Å²) in [5, 5.41) is 14.1. The summed E-state index contributed by atoms with van der Waals surface area (Å²) >= 11 is 5.79. The van der Waals surface area contributed by atoms with Gasteiger partial charge in [-0.3, -0.25) is 4.79 Å². The molecule has 0 saturated carbocycles. The molecule has 0 aromatic heterocycles. The molecular formula is C17H17ClN2O4. The monoisotopic (exact) mass is 348 g/mol. The highest BCUT2D eigenvalue weighted by atomic mass is 35.5. The molecule has 0 fully saturated rings. The van der Waals surface area contributed by atoms with Crippen LogP contribution in [0.2, 0.25) is 5.02 Å². The largest absolute Gasteiger partial charge is 0.507 e. The molecule has 1 unspecified atom stereocenters. The van der Waals surface area contributed by atoms with Gasteiger partial charge < -0.3 is 14.6 Å². The first-order valence-corrected chi connectivity index (χ1v) is 7.49. The lowest BCUT2D eigenvalue weighted by Crippen LogP contribution is -2.33. The third-order valence-electron chi connectivity index (χ3n) is 3.11. The molecular weight excluding hydrogens is 332 g/mol. The van der Waals surface area contributed by atoms with Gasteiger partial charge in [-0.1, -0.05) is 11.6 Å². The lowest BCUT2D eigenvalue weighted by atomic mass is 10.2. The fraction of sp³-hybridized carbons (Fsp3) is 0.176. The van der Waals surface area contributed by atoms with Crippen LogP contribution in [0, 0.1) is 0 Å². The van der Waals surface area contributed by atoms with E-state index >= 15 is 0 Å². The summed E-state index contributed by atoms with van der Waals surface area (Å²) in [5.74, 6) is 0.694. The van der Waals surface area contributed by atoms with E-state index in [0.29, 0.717) is 22.1 Å². The van der Waals surface area contributed by atoms with E-state index < -0.39 is 12.0 Å². The van der Waals surface area contributed by atoms with Crippen molar-refractivity contribution in [2.75, 3.05) is 7.11 Å². The molecule has 0 aliphatic rings. The maximum atomic E-state index is 11.9. The number of aromatic hydroxyl groups is 1. The number of methoxy groups -OCH3 is 1. The molecule has 0 radical (unpaired) electrons. The highest BCUT2D eigenvalue weighted by Crippen LogP contribution is 2.21.